The van der Waals surface area contributed by atoms with Gasteiger partial charge in [0.1, 0.15) is 0 Å². The molecular formula is C14H13ClN4OS. The second kappa shape index (κ2) is 6.24. The van der Waals surface area contributed by atoms with Gasteiger partial charge in [0.2, 0.25) is 11.7 Å². The second-order valence-corrected chi connectivity index (χ2v) is 5.88. The molecule has 5 nitrogen and oxygen atoms in total. The number of aryl methyl sites for hydroxylation is 2. The van der Waals surface area contributed by atoms with Crippen LogP contribution in [0.5, 0.6) is 0 Å². The molecule has 0 fully saturated rings. The molecule has 108 valence electrons. The van der Waals surface area contributed by atoms with Gasteiger partial charge in [0.25, 0.3) is 0 Å². The van der Waals surface area contributed by atoms with Crippen LogP contribution >= 0.6 is 22.9 Å². The van der Waals surface area contributed by atoms with E-state index in [4.69, 9.17) is 21.9 Å². The van der Waals surface area contributed by atoms with Crippen molar-refractivity contribution in [1.82, 2.24) is 15.1 Å². The van der Waals surface area contributed by atoms with Crippen LogP contribution in [0.15, 0.2) is 34.2 Å². The summed E-state index contributed by atoms with van der Waals surface area (Å²) in [5.74, 6) is 1.18. The van der Waals surface area contributed by atoms with Crippen LogP contribution < -0.4 is 5.73 Å². The Bertz CT molecular complexity index is 740. The molecule has 7 heteroatoms. The number of nitrogen functional groups attached to an aromatic ring is 1. The highest BCUT2D eigenvalue weighted by Gasteiger charge is 2.09. The van der Waals surface area contributed by atoms with E-state index in [-0.39, 0.29) is 0 Å². The summed E-state index contributed by atoms with van der Waals surface area (Å²) in [6.07, 6.45) is 2.45. The summed E-state index contributed by atoms with van der Waals surface area (Å²) in [7, 11) is 0. The van der Waals surface area contributed by atoms with Gasteiger partial charge < -0.3 is 10.3 Å². The minimum absolute atomic E-state index is 0.561. The molecule has 0 unspecified atom stereocenters. The zero-order valence-corrected chi connectivity index (χ0v) is 12.7. The summed E-state index contributed by atoms with van der Waals surface area (Å²) in [5, 5.41) is 7.21. The average Bonchev–Trinajstić information content (AvgIpc) is 3.08. The van der Waals surface area contributed by atoms with E-state index in [0.717, 1.165) is 24.1 Å². The number of hydrogen-bond acceptors (Lipinski definition) is 6. The number of nitrogens with two attached hydrogens (primary N) is 1. The van der Waals surface area contributed by atoms with E-state index in [1.54, 1.807) is 0 Å². The fourth-order valence-electron chi connectivity index (χ4n) is 1.96. The highest BCUT2D eigenvalue weighted by molar-refractivity contribution is 7.13. The fraction of sp³-hybridized carbons (Fsp3) is 0.214. The number of aromatic nitrogens is 3. The zero-order chi connectivity index (χ0) is 14.7. The molecule has 3 rings (SSSR count). The normalized spacial score (nSPS) is 10.9. The first-order chi connectivity index (χ1) is 10.2. The van der Waals surface area contributed by atoms with E-state index in [1.165, 1.54) is 11.3 Å². The Morgan fingerprint density at radius 1 is 1.24 bits per heavy atom. The lowest BCUT2D eigenvalue weighted by Crippen LogP contribution is -1.92. The van der Waals surface area contributed by atoms with Gasteiger partial charge >= 0.3 is 0 Å². The van der Waals surface area contributed by atoms with Crippen molar-refractivity contribution in [2.24, 2.45) is 0 Å². The Morgan fingerprint density at radius 2 is 2.14 bits per heavy atom. The van der Waals surface area contributed by atoms with Gasteiger partial charge in [-0.15, -0.1) is 11.3 Å². The van der Waals surface area contributed by atoms with E-state index in [2.05, 4.69) is 15.1 Å². The van der Waals surface area contributed by atoms with Crippen LogP contribution in [0, 0.1) is 0 Å². The molecule has 1 aromatic carbocycles. The molecule has 0 saturated heterocycles. The molecule has 0 saturated carbocycles. The van der Waals surface area contributed by atoms with Gasteiger partial charge in [0.05, 0.1) is 5.69 Å². The topological polar surface area (TPSA) is 77.8 Å². The van der Waals surface area contributed by atoms with Crippen LogP contribution in [-0.4, -0.2) is 15.1 Å². The molecule has 21 heavy (non-hydrogen) atoms. The summed E-state index contributed by atoms with van der Waals surface area (Å²) >= 11 is 7.41. The van der Waals surface area contributed by atoms with Gasteiger partial charge in [-0.3, -0.25) is 0 Å². The van der Waals surface area contributed by atoms with Crippen LogP contribution in [0.25, 0.3) is 11.4 Å². The third-order valence-electron chi connectivity index (χ3n) is 2.94. The monoisotopic (exact) mass is 320 g/mol. The lowest BCUT2D eigenvalue weighted by Gasteiger charge is -1.94. The number of halogens is 1. The van der Waals surface area contributed by atoms with Crippen molar-refractivity contribution in [3.8, 4) is 11.4 Å². The van der Waals surface area contributed by atoms with Crippen molar-refractivity contribution >= 4 is 28.1 Å². The highest BCUT2D eigenvalue weighted by Crippen LogP contribution is 2.20. The Labute approximate surface area is 130 Å². The number of nitrogens with zero attached hydrogens (tertiary/aromatic N) is 3. The van der Waals surface area contributed by atoms with Gasteiger partial charge in [-0.25, -0.2) is 4.98 Å². The maximum atomic E-state index is 5.95. The number of benzene rings is 1. The van der Waals surface area contributed by atoms with Gasteiger partial charge in [-0.05, 0) is 25.0 Å². The zero-order valence-electron chi connectivity index (χ0n) is 11.1. The molecule has 0 spiro atoms. The van der Waals surface area contributed by atoms with Crippen molar-refractivity contribution in [2.75, 3.05) is 5.73 Å². The van der Waals surface area contributed by atoms with E-state index < -0.39 is 0 Å². The van der Waals surface area contributed by atoms with Crippen LogP contribution in [0.3, 0.4) is 0 Å². The predicted octanol–water partition coefficient (Wildman–Crippen LogP) is 3.60. The smallest absolute Gasteiger partial charge is 0.226 e. The Hall–Kier alpha value is -1.92. The minimum atomic E-state index is 0.561. The number of anilines is 1. The molecule has 3 aromatic rings. The fourth-order valence-corrected chi connectivity index (χ4v) is 2.75. The van der Waals surface area contributed by atoms with E-state index >= 15 is 0 Å². The number of hydrogen-bond donors (Lipinski definition) is 1. The van der Waals surface area contributed by atoms with Crippen molar-refractivity contribution in [3.63, 3.8) is 0 Å². The SMILES string of the molecule is Nc1nc(CCCc2nc(-c3cccc(Cl)c3)no2)cs1. The van der Waals surface area contributed by atoms with Crippen LogP contribution in [-0.2, 0) is 12.8 Å². The number of rotatable bonds is 5. The summed E-state index contributed by atoms with van der Waals surface area (Å²) in [6.45, 7) is 0. The maximum absolute atomic E-state index is 5.95. The first-order valence-corrected chi connectivity index (χ1v) is 7.75. The van der Waals surface area contributed by atoms with Crippen LogP contribution in [0.4, 0.5) is 5.13 Å². The summed E-state index contributed by atoms with van der Waals surface area (Å²) in [6, 6.07) is 7.39. The molecular weight excluding hydrogens is 308 g/mol. The minimum Gasteiger partial charge on any atom is -0.375 e. The molecule has 2 heterocycles. The predicted molar refractivity (Wildman–Crippen MR) is 83.3 cm³/mol. The van der Waals surface area contributed by atoms with Gasteiger partial charge in [0.15, 0.2) is 5.13 Å². The Balaban J connectivity index is 1.60. The molecule has 2 N–H and O–H groups in total. The molecule has 0 aliphatic heterocycles. The first-order valence-electron chi connectivity index (χ1n) is 6.49. The van der Waals surface area contributed by atoms with Gasteiger partial charge in [-0.2, -0.15) is 4.98 Å². The highest BCUT2D eigenvalue weighted by atomic mass is 35.5. The van der Waals surface area contributed by atoms with Crippen molar-refractivity contribution in [2.45, 2.75) is 19.3 Å². The molecule has 0 aliphatic carbocycles. The molecule has 0 atom stereocenters. The largest absolute Gasteiger partial charge is 0.375 e. The standard InChI is InChI=1S/C14H13ClN4OS/c15-10-4-1-3-9(7-10)13-18-12(20-19-13)6-2-5-11-8-21-14(16)17-11/h1,3-4,7-8H,2,5-6H2,(H2,16,17). The van der Waals surface area contributed by atoms with Crippen LogP contribution in [0.1, 0.15) is 18.0 Å². The molecule has 0 amide bonds. The van der Waals surface area contributed by atoms with E-state index in [1.807, 2.05) is 29.6 Å². The van der Waals surface area contributed by atoms with Crippen LogP contribution in [0.2, 0.25) is 5.02 Å². The summed E-state index contributed by atoms with van der Waals surface area (Å²) in [4.78, 5) is 8.60. The first kappa shape index (κ1) is 14.0. The average molecular weight is 321 g/mol. The molecule has 2 aromatic heterocycles. The maximum Gasteiger partial charge on any atom is 0.226 e. The third kappa shape index (κ3) is 3.59. The van der Waals surface area contributed by atoms with E-state index in [9.17, 15) is 0 Å². The lowest BCUT2D eigenvalue weighted by atomic mass is 10.2. The second-order valence-electron chi connectivity index (χ2n) is 4.55. The molecule has 0 radical (unpaired) electrons. The van der Waals surface area contributed by atoms with Crippen molar-refractivity contribution in [3.05, 3.63) is 46.3 Å². The number of thiazole rings is 1. The van der Waals surface area contributed by atoms with Gasteiger partial charge in [-0.1, -0.05) is 28.9 Å². The Morgan fingerprint density at radius 3 is 2.90 bits per heavy atom. The van der Waals surface area contributed by atoms with E-state index in [0.29, 0.717) is 28.3 Å². The summed E-state index contributed by atoms with van der Waals surface area (Å²) < 4.78 is 5.26. The van der Waals surface area contributed by atoms with Crippen molar-refractivity contribution in [1.29, 1.82) is 0 Å². The third-order valence-corrected chi connectivity index (χ3v) is 3.90. The molecule has 0 bridgehead atoms. The Kier molecular flexibility index (Phi) is 4.17. The lowest BCUT2D eigenvalue weighted by molar-refractivity contribution is 0.376. The van der Waals surface area contributed by atoms with Gasteiger partial charge in [0, 0.05) is 22.4 Å². The quantitative estimate of drug-likeness (QED) is 0.777. The van der Waals surface area contributed by atoms with Crippen molar-refractivity contribution < 1.29 is 4.52 Å². The molecule has 0 aliphatic rings. The summed E-state index contributed by atoms with van der Waals surface area (Å²) in [5.41, 5.74) is 7.46.